The molecule has 0 atom stereocenters. The van der Waals surface area contributed by atoms with Gasteiger partial charge in [0.15, 0.2) is 0 Å². The Labute approximate surface area is 152 Å². The minimum atomic E-state index is -0.185. The van der Waals surface area contributed by atoms with Crippen molar-refractivity contribution in [3.05, 3.63) is 84.1 Å². The van der Waals surface area contributed by atoms with Gasteiger partial charge in [0.25, 0.3) is 0 Å². The maximum atomic E-state index is 12.0. The fourth-order valence-electron chi connectivity index (χ4n) is 3.48. The molecule has 1 heterocycles. The molecule has 0 spiro atoms. The van der Waals surface area contributed by atoms with Crippen LogP contribution in [0.25, 0.3) is 21.7 Å². The van der Waals surface area contributed by atoms with Crippen LogP contribution in [-0.2, 0) is 22.5 Å². The minimum Gasteiger partial charge on any atom is -0.466 e. The molecule has 0 fully saturated rings. The summed E-state index contributed by atoms with van der Waals surface area (Å²) in [5.74, 6) is -0.185. The fraction of sp³-hybridized carbons (Fsp3) is 0.174. The van der Waals surface area contributed by atoms with Crippen LogP contribution >= 0.6 is 0 Å². The topological polar surface area (TPSA) is 31.2 Å². The van der Waals surface area contributed by atoms with Crippen LogP contribution in [0.2, 0.25) is 0 Å². The van der Waals surface area contributed by atoms with Gasteiger partial charge in [0.05, 0.1) is 13.0 Å². The number of carbonyl (C=O) groups excluding carboxylic acids is 1. The van der Waals surface area contributed by atoms with E-state index in [9.17, 15) is 4.79 Å². The van der Waals surface area contributed by atoms with Crippen LogP contribution in [0.4, 0.5) is 0 Å². The Hall–Kier alpha value is -3.07. The lowest BCUT2D eigenvalue weighted by atomic mass is 10.1. The summed E-state index contributed by atoms with van der Waals surface area (Å²) in [4.78, 5) is 12.0. The molecule has 3 nitrogen and oxygen atoms in total. The number of aromatic nitrogens is 1. The van der Waals surface area contributed by atoms with E-state index in [0.29, 0.717) is 6.61 Å². The Balaban J connectivity index is 1.74. The van der Waals surface area contributed by atoms with Crippen LogP contribution < -0.4 is 0 Å². The largest absolute Gasteiger partial charge is 0.466 e. The van der Waals surface area contributed by atoms with E-state index in [1.807, 2.05) is 19.1 Å². The number of esters is 1. The van der Waals surface area contributed by atoms with Crippen molar-refractivity contribution in [3.8, 4) is 0 Å². The van der Waals surface area contributed by atoms with E-state index in [1.54, 1.807) is 0 Å². The number of hydrogen-bond donors (Lipinski definition) is 0. The average molecular weight is 343 g/mol. The van der Waals surface area contributed by atoms with Crippen molar-refractivity contribution in [2.75, 3.05) is 6.61 Å². The monoisotopic (exact) mass is 343 g/mol. The molecule has 130 valence electrons. The lowest BCUT2D eigenvalue weighted by Crippen LogP contribution is -2.12. The third-order valence-corrected chi connectivity index (χ3v) is 4.68. The van der Waals surface area contributed by atoms with Gasteiger partial charge >= 0.3 is 5.97 Å². The van der Waals surface area contributed by atoms with Crippen LogP contribution in [0.3, 0.4) is 0 Å². The number of hydrogen-bond acceptors (Lipinski definition) is 2. The van der Waals surface area contributed by atoms with Crippen molar-refractivity contribution in [2.45, 2.75) is 19.9 Å². The first-order chi connectivity index (χ1) is 12.7. The first-order valence-corrected chi connectivity index (χ1v) is 8.95. The number of carbonyl (C=O) groups is 1. The van der Waals surface area contributed by atoms with Crippen LogP contribution in [0.1, 0.15) is 18.2 Å². The van der Waals surface area contributed by atoms with Gasteiger partial charge in [0.1, 0.15) is 0 Å². The zero-order chi connectivity index (χ0) is 17.9. The zero-order valence-electron chi connectivity index (χ0n) is 14.8. The lowest BCUT2D eigenvalue weighted by Gasteiger charge is -2.12. The molecule has 3 aromatic carbocycles. The third kappa shape index (κ3) is 3.21. The van der Waals surface area contributed by atoms with Gasteiger partial charge in [-0.3, -0.25) is 4.79 Å². The second-order valence-corrected chi connectivity index (χ2v) is 6.44. The van der Waals surface area contributed by atoms with Gasteiger partial charge in [-0.25, -0.2) is 0 Å². The van der Waals surface area contributed by atoms with E-state index in [2.05, 4.69) is 65.2 Å². The van der Waals surface area contributed by atoms with E-state index >= 15 is 0 Å². The predicted octanol–water partition coefficient (Wildman–Crippen LogP) is 4.95. The normalized spacial score (nSPS) is 11.1. The van der Waals surface area contributed by atoms with Gasteiger partial charge in [-0.1, -0.05) is 54.6 Å². The van der Waals surface area contributed by atoms with Gasteiger partial charge in [0, 0.05) is 17.8 Å². The number of benzene rings is 3. The van der Waals surface area contributed by atoms with Crippen LogP contribution in [0, 0.1) is 0 Å². The van der Waals surface area contributed by atoms with Crippen molar-refractivity contribution in [3.63, 3.8) is 0 Å². The molecular weight excluding hydrogens is 322 g/mol. The molecule has 0 radical (unpaired) electrons. The number of para-hydroxylation sites is 1. The summed E-state index contributed by atoms with van der Waals surface area (Å²) in [6.07, 6.45) is 0.288. The Bertz CT molecular complexity index is 1080. The molecule has 0 aliphatic carbocycles. The smallest absolute Gasteiger partial charge is 0.311 e. The highest BCUT2D eigenvalue weighted by Gasteiger charge is 2.13. The van der Waals surface area contributed by atoms with Gasteiger partial charge < -0.3 is 9.30 Å². The minimum absolute atomic E-state index is 0.185. The van der Waals surface area contributed by atoms with E-state index in [0.717, 1.165) is 23.1 Å². The van der Waals surface area contributed by atoms with Crippen molar-refractivity contribution in [2.24, 2.45) is 0 Å². The lowest BCUT2D eigenvalue weighted by molar-refractivity contribution is -0.142. The summed E-state index contributed by atoms with van der Waals surface area (Å²) in [5, 5.41) is 3.61. The highest BCUT2D eigenvalue weighted by Crippen LogP contribution is 2.23. The molecule has 4 aromatic rings. The molecule has 0 aliphatic heterocycles. The molecule has 0 N–H and O–H groups in total. The Kier molecular flexibility index (Phi) is 4.44. The predicted molar refractivity (Wildman–Crippen MR) is 105 cm³/mol. The van der Waals surface area contributed by atoms with Gasteiger partial charge in [-0.15, -0.1) is 0 Å². The molecule has 3 heteroatoms. The molecular formula is C23H21NO2. The fourth-order valence-corrected chi connectivity index (χ4v) is 3.48. The molecule has 0 unspecified atom stereocenters. The maximum Gasteiger partial charge on any atom is 0.311 e. The number of fused-ring (bicyclic) bond motifs is 2. The van der Waals surface area contributed by atoms with Crippen molar-refractivity contribution >= 4 is 27.6 Å². The van der Waals surface area contributed by atoms with Gasteiger partial charge in [-0.05, 0) is 46.8 Å². The second kappa shape index (κ2) is 7.04. The summed E-state index contributed by atoms with van der Waals surface area (Å²) in [6.45, 7) is 2.97. The van der Waals surface area contributed by atoms with Gasteiger partial charge in [-0.2, -0.15) is 0 Å². The third-order valence-electron chi connectivity index (χ3n) is 4.68. The molecule has 0 aliphatic rings. The number of nitrogens with zero attached hydrogens (tertiary/aromatic N) is 1. The first-order valence-electron chi connectivity index (χ1n) is 8.95. The Morgan fingerprint density at radius 2 is 1.62 bits per heavy atom. The molecule has 4 rings (SSSR count). The van der Waals surface area contributed by atoms with E-state index in [1.165, 1.54) is 16.3 Å². The Morgan fingerprint density at radius 3 is 2.42 bits per heavy atom. The van der Waals surface area contributed by atoms with Crippen molar-refractivity contribution < 1.29 is 9.53 Å². The standard InChI is InChI=1S/C23H21NO2/c1-2-26-23(25)15-21-14-20-9-5-6-10-22(20)24(21)16-17-11-12-18-7-3-4-8-19(18)13-17/h3-14H,2,15-16H2,1H3. The molecule has 1 aromatic heterocycles. The molecule has 0 amide bonds. The van der Waals surface area contributed by atoms with E-state index in [4.69, 9.17) is 4.74 Å². The van der Waals surface area contributed by atoms with Crippen LogP contribution in [-0.4, -0.2) is 17.1 Å². The molecule has 0 bridgehead atoms. The molecule has 26 heavy (non-hydrogen) atoms. The van der Waals surface area contributed by atoms with E-state index < -0.39 is 0 Å². The van der Waals surface area contributed by atoms with Gasteiger partial charge in [0.2, 0.25) is 0 Å². The number of rotatable bonds is 5. The maximum absolute atomic E-state index is 12.0. The highest BCUT2D eigenvalue weighted by molar-refractivity contribution is 5.85. The second-order valence-electron chi connectivity index (χ2n) is 6.44. The van der Waals surface area contributed by atoms with Crippen molar-refractivity contribution in [1.82, 2.24) is 4.57 Å². The first kappa shape index (κ1) is 16.4. The van der Waals surface area contributed by atoms with E-state index in [-0.39, 0.29) is 12.4 Å². The molecule has 0 saturated heterocycles. The summed E-state index contributed by atoms with van der Waals surface area (Å²) < 4.78 is 7.37. The quantitative estimate of drug-likeness (QED) is 0.480. The summed E-state index contributed by atoms with van der Waals surface area (Å²) >= 11 is 0. The van der Waals surface area contributed by atoms with Crippen LogP contribution in [0.5, 0.6) is 0 Å². The zero-order valence-corrected chi connectivity index (χ0v) is 14.8. The Morgan fingerprint density at radius 1 is 0.885 bits per heavy atom. The summed E-state index contributed by atoms with van der Waals surface area (Å²) in [6, 6.07) is 25.2. The highest BCUT2D eigenvalue weighted by atomic mass is 16.5. The summed E-state index contributed by atoms with van der Waals surface area (Å²) in [5.41, 5.74) is 3.34. The average Bonchev–Trinajstić information content (AvgIpc) is 2.99. The number of ether oxygens (including phenoxy) is 1. The SMILES string of the molecule is CCOC(=O)Cc1cc2ccccc2n1Cc1ccc2ccccc2c1. The van der Waals surface area contributed by atoms with Crippen molar-refractivity contribution in [1.29, 1.82) is 0 Å². The molecule has 0 saturated carbocycles. The van der Waals surface area contributed by atoms with Crippen LogP contribution in [0.15, 0.2) is 72.8 Å². The summed E-state index contributed by atoms with van der Waals surface area (Å²) in [7, 11) is 0.